The third-order valence-corrected chi connectivity index (χ3v) is 4.12. The van der Waals surface area contributed by atoms with Gasteiger partial charge in [0.15, 0.2) is 0 Å². The van der Waals surface area contributed by atoms with Crippen molar-refractivity contribution in [2.45, 2.75) is 6.54 Å². The van der Waals surface area contributed by atoms with E-state index >= 15 is 0 Å². The fraction of sp³-hybridized carbons (Fsp3) is 0.222. The Bertz CT molecular complexity index is 782. The predicted octanol–water partition coefficient (Wildman–Crippen LogP) is 3.32. The third kappa shape index (κ3) is 5.98. The molecule has 2 N–H and O–H groups in total. The Morgan fingerprint density at radius 2 is 1.62 bits per heavy atom. The number of amides is 2. The molecule has 0 saturated carbocycles. The number of rotatable bonds is 7. The second kappa shape index (κ2) is 9.52. The van der Waals surface area contributed by atoms with Gasteiger partial charge in [-0.25, -0.2) is 4.39 Å². The summed E-state index contributed by atoms with van der Waals surface area (Å²) in [5, 5.41) is 5.90. The van der Waals surface area contributed by atoms with Crippen LogP contribution in [0.5, 0.6) is 0 Å². The lowest BCUT2D eigenvalue weighted by molar-refractivity contribution is -0.123. The molecule has 2 aromatic carbocycles. The molecular formula is C18H18Cl2FN3O2. The predicted molar refractivity (Wildman–Crippen MR) is 101 cm³/mol. The third-order valence-electron chi connectivity index (χ3n) is 3.49. The molecule has 0 fully saturated rings. The van der Waals surface area contributed by atoms with Gasteiger partial charge in [-0.15, -0.1) is 0 Å². The van der Waals surface area contributed by atoms with Crippen molar-refractivity contribution in [3.05, 3.63) is 63.9 Å². The number of carbonyl (C=O) groups is 2. The number of anilines is 1. The number of nitrogens with one attached hydrogen (secondary N) is 2. The minimum Gasteiger partial charge on any atom is -0.351 e. The van der Waals surface area contributed by atoms with E-state index in [1.807, 2.05) is 0 Å². The molecule has 138 valence electrons. The van der Waals surface area contributed by atoms with Crippen LogP contribution in [0.3, 0.4) is 0 Å². The molecule has 0 unspecified atom stereocenters. The molecule has 0 atom stereocenters. The van der Waals surface area contributed by atoms with Crippen LogP contribution in [0.4, 0.5) is 10.1 Å². The molecule has 0 aliphatic rings. The Balaban J connectivity index is 1.80. The number of hydrogen-bond acceptors (Lipinski definition) is 3. The van der Waals surface area contributed by atoms with Crippen LogP contribution in [0, 0.1) is 5.82 Å². The van der Waals surface area contributed by atoms with Crippen molar-refractivity contribution in [2.24, 2.45) is 0 Å². The molecule has 26 heavy (non-hydrogen) atoms. The van der Waals surface area contributed by atoms with E-state index in [0.717, 1.165) is 0 Å². The quantitative estimate of drug-likeness (QED) is 0.753. The van der Waals surface area contributed by atoms with Gasteiger partial charge < -0.3 is 10.6 Å². The summed E-state index contributed by atoms with van der Waals surface area (Å²) in [6, 6.07) is 11.1. The first-order valence-electron chi connectivity index (χ1n) is 7.79. The van der Waals surface area contributed by atoms with Gasteiger partial charge in [0.2, 0.25) is 11.8 Å². The monoisotopic (exact) mass is 397 g/mol. The zero-order chi connectivity index (χ0) is 19.1. The Hall–Kier alpha value is -2.15. The van der Waals surface area contributed by atoms with Gasteiger partial charge in [-0.05, 0) is 25.2 Å². The summed E-state index contributed by atoms with van der Waals surface area (Å²) in [7, 11) is 1.62. The van der Waals surface area contributed by atoms with Gasteiger partial charge in [-0.3, -0.25) is 14.5 Å². The number of carbonyl (C=O) groups excluding carboxylic acids is 2. The fourth-order valence-corrected chi connectivity index (χ4v) is 2.73. The molecular weight excluding hydrogens is 380 g/mol. The van der Waals surface area contributed by atoms with Crippen molar-refractivity contribution < 1.29 is 14.0 Å². The standard InChI is InChI=1S/C18H18Cl2FN3O2/c1-24(10-16(25)22-9-12-5-2-3-8-15(12)21)11-17(26)23-18-13(19)6-4-7-14(18)20/h2-8H,9-11H2,1H3,(H,22,25)(H,23,26). The lowest BCUT2D eigenvalue weighted by Crippen LogP contribution is -2.38. The highest BCUT2D eigenvalue weighted by atomic mass is 35.5. The first-order valence-corrected chi connectivity index (χ1v) is 8.55. The van der Waals surface area contributed by atoms with Gasteiger partial charge in [0.1, 0.15) is 5.82 Å². The highest BCUT2D eigenvalue weighted by Gasteiger charge is 2.14. The van der Waals surface area contributed by atoms with E-state index in [0.29, 0.717) is 21.3 Å². The minimum atomic E-state index is -0.378. The van der Waals surface area contributed by atoms with Gasteiger partial charge in [-0.2, -0.15) is 0 Å². The molecule has 0 aromatic heterocycles. The van der Waals surface area contributed by atoms with E-state index in [-0.39, 0.29) is 37.3 Å². The molecule has 0 radical (unpaired) electrons. The highest BCUT2D eigenvalue weighted by Crippen LogP contribution is 2.29. The van der Waals surface area contributed by atoms with E-state index in [4.69, 9.17) is 23.2 Å². The van der Waals surface area contributed by atoms with Crippen molar-refractivity contribution in [2.75, 3.05) is 25.5 Å². The normalized spacial score (nSPS) is 10.7. The maximum Gasteiger partial charge on any atom is 0.238 e. The summed E-state index contributed by atoms with van der Waals surface area (Å²) < 4.78 is 13.5. The van der Waals surface area contributed by atoms with Crippen molar-refractivity contribution >= 4 is 40.7 Å². The molecule has 0 heterocycles. The molecule has 5 nitrogen and oxygen atoms in total. The van der Waals surface area contributed by atoms with Crippen LogP contribution in [0.1, 0.15) is 5.56 Å². The molecule has 2 rings (SSSR count). The molecule has 2 aromatic rings. The molecule has 0 aliphatic heterocycles. The summed E-state index contributed by atoms with van der Waals surface area (Å²) in [5.41, 5.74) is 0.729. The Morgan fingerprint density at radius 3 is 2.27 bits per heavy atom. The topological polar surface area (TPSA) is 61.4 Å². The molecule has 0 aliphatic carbocycles. The minimum absolute atomic E-state index is 0.0157. The molecule has 0 saturated heterocycles. The van der Waals surface area contributed by atoms with Crippen molar-refractivity contribution in [1.82, 2.24) is 10.2 Å². The number of hydrogen-bond donors (Lipinski definition) is 2. The Labute approximate surface area is 161 Å². The lowest BCUT2D eigenvalue weighted by atomic mass is 10.2. The van der Waals surface area contributed by atoms with Crippen LogP contribution >= 0.6 is 23.2 Å². The molecule has 2 amide bonds. The van der Waals surface area contributed by atoms with Crippen LogP contribution in [0.25, 0.3) is 0 Å². The summed E-state index contributed by atoms with van der Waals surface area (Å²) in [4.78, 5) is 25.5. The number of benzene rings is 2. The molecule has 0 spiro atoms. The van der Waals surface area contributed by atoms with E-state index in [9.17, 15) is 14.0 Å². The maximum absolute atomic E-state index is 13.5. The van der Waals surface area contributed by atoms with Gasteiger partial charge in [0.25, 0.3) is 0 Å². The van der Waals surface area contributed by atoms with Gasteiger partial charge >= 0.3 is 0 Å². The van der Waals surface area contributed by atoms with Crippen molar-refractivity contribution in [3.8, 4) is 0 Å². The Kier molecular flexibility index (Phi) is 7.38. The first-order chi connectivity index (χ1) is 12.4. The van der Waals surface area contributed by atoms with Gasteiger partial charge in [-0.1, -0.05) is 47.5 Å². The summed E-state index contributed by atoms with van der Waals surface area (Å²) >= 11 is 12.0. The highest BCUT2D eigenvalue weighted by molar-refractivity contribution is 6.39. The molecule has 0 bridgehead atoms. The van der Waals surface area contributed by atoms with Crippen LogP contribution in [-0.4, -0.2) is 36.9 Å². The van der Waals surface area contributed by atoms with Crippen LogP contribution in [-0.2, 0) is 16.1 Å². The largest absolute Gasteiger partial charge is 0.351 e. The van der Waals surface area contributed by atoms with Crippen LogP contribution in [0.15, 0.2) is 42.5 Å². The van der Waals surface area contributed by atoms with E-state index < -0.39 is 0 Å². The summed E-state index contributed by atoms with van der Waals surface area (Å²) in [5.74, 6) is -1.05. The van der Waals surface area contributed by atoms with Gasteiger partial charge in [0, 0.05) is 12.1 Å². The second-order valence-electron chi connectivity index (χ2n) is 5.69. The van der Waals surface area contributed by atoms with Crippen molar-refractivity contribution in [3.63, 3.8) is 0 Å². The molecule has 8 heteroatoms. The number of halogens is 3. The van der Waals surface area contributed by atoms with E-state index in [1.165, 1.54) is 11.0 Å². The van der Waals surface area contributed by atoms with Crippen LogP contribution in [0.2, 0.25) is 10.0 Å². The fourth-order valence-electron chi connectivity index (χ4n) is 2.23. The van der Waals surface area contributed by atoms with Gasteiger partial charge in [0.05, 0.1) is 28.8 Å². The SMILES string of the molecule is CN(CC(=O)NCc1ccccc1F)CC(=O)Nc1c(Cl)cccc1Cl. The lowest BCUT2D eigenvalue weighted by Gasteiger charge is -2.17. The summed E-state index contributed by atoms with van der Waals surface area (Å²) in [6.45, 7) is 0.0353. The zero-order valence-electron chi connectivity index (χ0n) is 14.1. The number of nitrogens with zero attached hydrogens (tertiary/aromatic N) is 1. The van der Waals surface area contributed by atoms with Crippen LogP contribution < -0.4 is 10.6 Å². The van der Waals surface area contributed by atoms with E-state index in [1.54, 1.807) is 43.4 Å². The smallest absolute Gasteiger partial charge is 0.238 e. The number of likely N-dealkylation sites (N-methyl/N-ethyl adjacent to an activating group) is 1. The maximum atomic E-state index is 13.5. The second-order valence-corrected chi connectivity index (χ2v) is 6.50. The average molecular weight is 398 g/mol. The first kappa shape index (κ1) is 20.2. The Morgan fingerprint density at radius 1 is 1.00 bits per heavy atom. The average Bonchev–Trinajstić information content (AvgIpc) is 2.57. The zero-order valence-corrected chi connectivity index (χ0v) is 15.6. The number of para-hydroxylation sites is 1. The van der Waals surface area contributed by atoms with Crippen molar-refractivity contribution in [1.29, 1.82) is 0 Å². The van der Waals surface area contributed by atoms with E-state index in [2.05, 4.69) is 10.6 Å². The summed E-state index contributed by atoms with van der Waals surface area (Å²) in [6.07, 6.45) is 0.